The van der Waals surface area contributed by atoms with Crippen molar-refractivity contribution in [2.45, 2.75) is 30.5 Å². The molecule has 1 saturated heterocycles. The Labute approximate surface area is 106 Å². The van der Waals surface area contributed by atoms with Crippen LogP contribution in [0.15, 0.2) is 30.3 Å². The summed E-state index contributed by atoms with van der Waals surface area (Å²) in [6, 6.07) is 9.78. The Morgan fingerprint density at radius 3 is 2.17 bits per heavy atom. The molecule has 1 aliphatic carbocycles. The highest BCUT2D eigenvalue weighted by Gasteiger charge is 2.54. The van der Waals surface area contributed by atoms with E-state index in [-0.39, 0.29) is 19.0 Å². The van der Waals surface area contributed by atoms with E-state index >= 15 is 0 Å². The van der Waals surface area contributed by atoms with Gasteiger partial charge in [-0.25, -0.2) is 0 Å². The number of aliphatic hydroxyl groups excluding tert-OH is 2. The largest absolute Gasteiger partial charge is 0.388 e. The van der Waals surface area contributed by atoms with Gasteiger partial charge >= 0.3 is 0 Å². The molecule has 2 N–H and O–H groups in total. The molecule has 0 spiro atoms. The SMILES string of the molecule is O=C(N1CC(O)C(O)C1)C1(c2ccccc2)CC1. The van der Waals surface area contributed by atoms with Crippen molar-refractivity contribution in [3.63, 3.8) is 0 Å². The summed E-state index contributed by atoms with van der Waals surface area (Å²) in [7, 11) is 0. The zero-order valence-electron chi connectivity index (χ0n) is 10.1. The number of nitrogens with zero attached hydrogens (tertiary/aromatic N) is 1. The van der Waals surface area contributed by atoms with Crippen LogP contribution in [0.3, 0.4) is 0 Å². The Bertz CT molecular complexity index is 445. The summed E-state index contributed by atoms with van der Waals surface area (Å²) >= 11 is 0. The molecule has 0 bridgehead atoms. The molecule has 2 unspecified atom stereocenters. The number of carbonyl (C=O) groups excluding carboxylic acids is 1. The van der Waals surface area contributed by atoms with Crippen molar-refractivity contribution >= 4 is 5.91 Å². The first-order valence-corrected chi connectivity index (χ1v) is 6.34. The van der Waals surface area contributed by atoms with Gasteiger partial charge in [0.05, 0.1) is 17.6 Å². The third-order valence-corrected chi connectivity index (χ3v) is 4.03. The van der Waals surface area contributed by atoms with Gasteiger partial charge in [-0.15, -0.1) is 0 Å². The molecule has 4 nitrogen and oxygen atoms in total. The first kappa shape index (κ1) is 11.7. The summed E-state index contributed by atoms with van der Waals surface area (Å²) < 4.78 is 0. The van der Waals surface area contributed by atoms with Crippen LogP contribution >= 0.6 is 0 Å². The number of rotatable bonds is 2. The number of likely N-dealkylation sites (tertiary alicyclic amines) is 1. The van der Waals surface area contributed by atoms with Crippen LogP contribution in [0.1, 0.15) is 18.4 Å². The Balaban J connectivity index is 1.81. The molecule has 2 fully saturated rings. The molecular formula is C14H17NO3. The van der Waals surface area contributed by atoms with Gasteiger partial charge in [-0.2, -0.15) is 0 Å². The summed E-state index contributed by atoms with van der Waals surface area (Å²) in [4.78, 5) is 14.1. The van der Waals surface area contributed by atoms with Crippen LogP contribution < -0.4 is 0 Å². The monoisotopic (exact) mass is 247 g/mol. The minimum Gasteiger partial charge on any atom is -0.388 e. The number of hydrogen-bond acceptors (Lipinski definition) is 3. The number of amides is 1. The summed E-state index contributed by atoms with van der Waals surface area (Å²) in [5.74, 6) is 0.0456. The maximum atomic E-state index is 12.5. The minimum atomic E-state index is -0.805. The Morgan fingerprint density at radius 2 is 1.67 bits per heavy atom. The van der Waals surface area contributed by atoms with E-state index in [2.05, 4.69) is 0 Å². The molecule has 96 valence electrons. The second-order valence-electron chi connectivity index (χ2n) is 5.29. The van der Waals surface area contributed by atoms with Crippen LogP contribution in [0.2, 0.25) is 0 Å². The zero-order chi connectivity index (χ0) is 12.8. The first-order chi connectivity index (χ1) is 8.63. The first-order valence-electron chi connectivity index (χ1n) is 6.34. The molecule has 1 aliphatic heterocycles. The van der Waals surface area contributed by atoms with Crippen molar-refractivity contribution in [2.75, 3.05) is 13.1 Å². The Hall–Kier alpha value is -1.39. The predicted molar refractivity (Wildman–Crippen MR) is 65.9 cm³/mol. The second kappa shape index (κ2) is 4.07. The van der Waals surface area contributed by atoms with E-state index in [1.54, 1.807) is 4.90 Å². The van der Waals surface area contributed by atoms with Crippen LogP contribution in [0.5, 0.6) is 0 Å². The molecular weight excluding hydrogens is 230 g/mol. The summed E-state index contributed by atoms with van der Waals surface area (Å²) in [5, 5.41) is 19.1. The molecule has 1 aromatic rings. The lowest BCUT2D eigenvalue weighted by Gasteiger charge is -2.23. The number of hydrogen-bond donors (Lipinski definition) is 2. The lowest BCUT2D eigenvalue weighted by Crippen LogP contribution is -2.38. The highest BCUT2D eigenvalue weighted by atomic mass is 16.3. The normalized spacial score (nSPS) is 29.3. The van der Waals surface area contributed by atoms with Gasteiger partial charge in [0.1, 0.15) is 0 Å². The van der Waals surface area contributed by atoms with E-state index in [1.165, 1.54) is 0 Å². The van der Waals surface area contributed by atoms with Crippen LogP contribution in [-0.4, -0.2) is 46.3 Å². The van der Waals surface area contributed by atoms with Gasteiger partial charge in [0, 0.05) is 13.1 Å². The molecule has 2 aliphatic rings. The zero-order valence-corrected chi connectivity index (χ0v) is 10.1. The van der Waals surface area contributed by atoms with E-state index in [4.69, 9.17) is 0 Å². The molecule has 1 aromatic carbocycles. The smallest absolute Gasteiger partial charge is 0.233 e. The van der Waals surface area contributed by atoms with E-state index in [1.807, 2.05) is 30.3 Å². The van der Waals surface area contributed by atoms with Gasteiger partial charge in [-0.3, -0.25) is 4.79 Å². The van der Waals surface area contributed by atoms with Gasteiger partial charge < -0.3 is 15.1 Å². The van der Waals surface area contributed by atoms with Crippen molar-refractivity contribution in [2.24, 2.45) is 0 Å². The average molecular weight is 247 g/mol. The summed E-state index contributed by atoms with van der Waals surface area (Å²) in [6.45, 7) is 0.489. The van der Waals surface area contributed by atoms with E-state index in [9.17, 15) is 15.0 Å². The maximum Gasteiger partial charge on any atom is 0.233 e. The highest BCUT2D eigenvalue weighted by molar-refractivity contribution is 5.91. The summed E-state index contributed by atoms with van der Waals surface area (Å²) in [5.41, 5.74) is 0.649. The number of β-amino-alcohol motifs (C(OH)–C–C–N with tert-alkyl or cyclic N) is 2. The molecule has 0 radical (unpaired) electrons. The molecule has 0 aromatic heterocycles. The van der Waals surface area contributed by atoms with Crippen LogP contribution in [0, 0.1) is 0 Å². The fraction of sp³-hybridized carbons (Fsp3) is 0.500. The van der Waals surface area contributed by atoms with Gasteiger partial charge in [-0.05, 0) is 18.4 Å². The van der Waals surface area contributed by atoms with Crippen molar-refractivity contribution in [3.05, 3.63) is 35.9 Å². The third kappa shape index (κ3) is 1.72. The maximum absolute atomic E-state index is 12.5. The molecule has 1 amide bonds. The highest BCUT2D eigenvalue weighted by Crippen LogP contribution is 2.49. The van der Waals surface area contributed by atoms with Gasteiger partial charge in [0.15, 0.2) is 0 Å². The Morgan fingerprint density at radius 1 is 1.11 bits per heavy atom. The molecule has 1 heterocycles. The van der Waals surface area contributed by atoms with Crippen molar-refractivity contribution < 1.29 is 15.0 Å². The number of benzene rings is 1. The van der Waals surface area contributed by atoms with Crippen molar-refractivity contribution in [1.29, 1.82) is 0 Å². The fourth-order valence-corrected chi connectivity index (χ4v) is 2.75. The van der Waals surface area contributed by atoms with E-state index in [0.717, 1.165) is 18.4 Å². The number of aliphatic hydroxyl groups is 2. The van der Waals surface area contributed by atoms with Gasteiger partial charge in [0.2, 0.25) is 5.91 Å². The van der Waals surface area contributed by atoms with E-state index < -0.39 is 17.6 Å². The Kier molecular flexibility index (Phi) is 2.64. The van der Waals surface area contributed by atoms with Crippen LogP contribution in [0.25, 0.3) is 0 Å². The third-order valence-electron chi connectivity index (χ3n) is 4.03. The molecule has 4 heteroatoms. The topological polar surface area (TPSA) is 60.8 Å². The predicted octanol–water partition coefficient (Wildman–Crippen LogP) is 0.282. The number of carbonyl (C=O) groups is 1. The van der Waals surface area contributed by atoms with Crippen LogP contribution in [0.4, 0.5) is 0 Å². The van der Waals surface area contributed by atoms with Crippen molar-refractivity contribution in [3.8, 4) is 0 Å². The van der Waals surface area contributed by atoms with E-state index in [0.29, 0.717) is 0 Å². The summed E-state index contributed by atoms with van der Waals surface area (Å²) in [6.07, 6.45) is 0.109. The van der Waals surface area contributed by atoms with Crippen molar-refractivity contribution in [1.82, 2.24) is 4.90 Å². The molecule has 3 rings (SSSR count). The quantitative estimate of drug-likeness (QED) is 0.789. The standard InChI is InChI=1S/C14H17NO3/c16-11-8-15(9-12(11)17)13(18)14(6-7-14)10-4-2-1-3-5-10/h1-5,11-12,16-17H,6-9H2. The molecule has 18 heavy (non-hydrogen) atoms. The fourth-order valence-electron chi connectivity index (χ4n) is 2.75. The van der Waals surface area contributed by atoms with Crippen LogP contribution in [-0.2, 0) is 10.2 Å². The minimum absolute atomic E-state index is 0.0456. The second-order valence-corrected chi connectivity index (χ2v) is 5.29. The lowest BCUT2D eigenvalue weighted by molar-refractivity contribution is -0.133. The average Bonchev–Trinajstić information content (AvgIpc) is 3.13. The van der Waals surface area contributed by atoms with Gasteiger partial charge in [0.25, 0.3) is 0 Å². The molecule has 1 saturated carbocycles. The van der Waals surface area contributed by atoms with Gasteiger partial charge in [-0.1, -0.05) is 30.3 Å². The molecule has 2 atom stereocenters. The lowest BCUT2D eigenvalue weighted by atomic mass is 9.94.